The monoisotopic (exact) mass is 203 g/mol. The Kier molecular flexibility index (Phi) is 3.68. The van der Waals surface area contributed by atoms with Crippen molar-refractivity contribution in [2.24, 2.45) is 0 Å². The van der Waals surface area contributed by atoms with E-state index < -0.39 is 5.56 Å². The minimum Gasteiger partial charge on any atom is -0.503 e. The molecule has 1 heterocycles. The van der Waals surface area contributed by atoms with Crippen LogP contribution in [-0.2, 0) is 0 Å². The summed E-state index contributed by atoms with van der Waals surface area (Å²) >= 11 is 0. The van der Waals surface area contributed by atoms with E-state index in [1.165, 1.54) is 6.07 Å². The Morgan fingerprint density at radius 3 is 2.80 bits per heavy atom. The molecule has 1 aromatic rings. The lowest BCUT2D eigenvalue weighted by molar-refractivity contribution is 0.466. The van der Waals surface area contributed by atoms with E-state index in [2.05, 4.69) is 11.6 Å². The number of H-pyrrole nitrogens is 1. The number of pyridine rings is 1. The zero-order valence-corrected chi connectivity index (χ0v) is 8.53. The van der Waals surface area contributed by atoms with Crippen molar-refractivity contribution in [2.45, 2.75) is 6.92 Å². The van der Waals surface area contributed by atoms with Crippen molar-refractivity contribution in [2.75, 3.05) is 0 Å². The van der Waals surface area contributed by atoms with Gasteiger partial charge in [-0.1, -0.05) is 30.9 Å². The lowest BCUT2D eigenvalue weighted by Crippen LogP contribution is -2.06. The third-order valence-electron chi connectivity index (χ3n) is 1.84. The fraction of sp³-hybridized carbons (Fsp3) is 0.0833. The van der Waals surface area contributed by atoms with Crippen LogP contribution in [0.25, 0.3) is 5.57 Å². The molecule has 0 atom stereocenters. The van der Waals surface area contributed by atoms with E-state index in [0.29, 0.717) is 5.69 Å². The SMILES string of the molecule is C=C/C=C(\C=C/C)c1ccc(O)c(=O)[nH]1. The van der Waals surface area contributed by atoms with E-state index >= 15 is 0 Å². The Hall–Kier alpha value is -2.03. The fourth-order valence-corrected chi connectivity index (χ4v) is 1.18. The van der Waals surface area contributed by atoms with Gasteiger partial charge in [-0.3, -0.25) is 4.79 Å². The summed E-state index contributed by atoms with van der Waals surface area (Å²) < 4.78 is 0. The van der Waals surface area contributed by atoms with Gasteiger partial charge in [0, 0.05) is 5.69 Å². The molecule has 1 aromatic heterocycles. The molecule has 0 saturated heterocycles. The Balaban J connectivity index is 3.24. The number of aromatic amines is 1. The Morgan fingerprint density at radius 1 is 1.53 bits per heavy atom. The summed E-state index contributed by atoms with van der Waals surface area (Å²) in [6.07, 6.45) is 7.13. The summed E-state index contributed by atoms with van der Waals surface area (Å²) in [7, 11) is 0. The third kappa shape index (κ3) is 2.71. The number of hydrogen-bond acceptors (Lipinski definition) is 2. The van der Waals surface area contributed by atoms with Gasteiger partial charge in [0.2, 0.25) is 0 Å². The summed E-state index contributed by atoms with van der Waals surface area (Å²) in [5.74, 6) is -0.280. The van der Waals surface area contributed by atoms with Crippen LogP contribution in [0.15, 0.2) is 47.8 Å². The van der Waals surface area contributed by atoms with Crippen molar-refractivity contribution in [1.82, 2.24) is 4.98 Å². The summed E-state index contributed by atoms with van der Waals surface area (Å²) in [5, 5.41) is 9.08. The molecule has 15 heavy (non-hydrogen) atoms. The van der Waals surface area contributed by atoms with E-state index in [1.807, 2.05) is 19.1 Å². The normalized spacial score (nSPS) is 11.9. The molecule has 3 heteroatoms. The standard InChI is InChI=1S/C12H13NO2/c1-3-5-9(6-4-2)10-7-8-11(14)12(15)13-10/h3-8,14H,1H2,2H3,(H,13,15)/b6-4-,9-5+. The largest absolute Gasteiger partial charge is 0.503 e. The zero-order valence-electron chi connectivity index (χ0n) is 8.53. The molecular weight excluding hydrogens is 190 g/mol. The average Bonchev–Trinajstić information content (AvgIpc) is 2.22. The van der Waals surface area contributed by atoms with Gasteiger partial charge in [0.05, 0.1) is 0 Å². The van der Waals surface area contributed by atoms with Crippen LogP contribution in [0.5, 0.6) is 5.75 Å². The van der Waals surface area contributed by atoms with E-state index in [-0.39, 0.29) is 5.75 Å². The highest BCUT2D eigenvalue weighted by Gasteiger charge is 2.00. The summed E-state index contributed by atoms with van der Waals surface area (Å²) in [4.78, 5) is 13.7. The van der Waals surface area contributed by atoms with Crippen molar-refractivity contribution >= 4 is 5.57 Å². The molecule has 0 aliphatic heterocycles. The predicted molar refractivity (Wildman–Crippen MR) is 61.7 cm³/mol. The molecule has 0 saturated carbocycles. The van der Waals surface area contributed by atoms with E-state index in [4.69, 9.17) is 5.11 Å². The molecule has 0 aromatic carbocycles. The summed E-state index contributed by atoms with van der Waals surface area (Å²) in [5.41, 5.74) is 0.993. The van der Waals surface area contributed by atoms with Crippen LogP contribution in [-0.4, -0.2) is 10.1 Å². The molecule has 0 radical (unpaired) electrons. The van der Waals surface area contributed by atoms with Crippen LogP contribution in [0.2, 0.25) is 0 Å². The van der Waals surface area contributed by atoms with Crippen molar-refractivity contribution in [3.63, 3.8) is 0 Å². The Labute approximate surface area is 88.1 Å². The maximum absolute atomic E-state index is 11.2. The van der Waals surface area contributed by atoms with Gasteiger partial charge < -0.3 is 10.1 Å². The number of aromatic hydroxyl groups is 1. The number of nitrogens with one attached hydrogen (secondary N) is 1. The van der Waals surface area contributed by atoms with Gasteiger partial charge in [-0.2, -0.15) is 0 Å². The lowest BCUT2D eigenvalue weighted by atomic mass is 10.1. The minimum atomic E-state index is -0.494. The van der Waals surface area contributed by atoms with Gasteiger partial charge in [-0.25, -0.2) is 0 Å². The molecule has 0 spiro atoms. The number of allylic oxidation sites excluding steroid dienone is 5. The van der Waals surface area contributed by atoms with Crippen molar-refractivity contribution < 1.29 is 5.11 Å². The Morgan fingerprint density at radius 2 is 2.27 bits per heavy atom. The van der Waals surface area contributed by atoms with Crippen LogP contribution < -0.4 is 5.56 Å². The second-order valence-corrected chi connectivity index (χ2v) is 2.94. The van der Waals surface area contributed by atoms with Crippen molar-refractivity contribution in [3.8, 4) is 5.75 Å². The minimum absolute atomic E-state index is 0.280. The second-order valence-electron chi connectivity index (χ2n) is 2.94. The average molecular weight is 203 g/mol. The molecule has 0 unspecified atom stereocenters. The first-order valence-corrected chi connectivity index (χ1v) is 4.57. The topological polar surface area (TPSA) is 53.1 Å². The van der Waals surface area contributed by atoms with Gasteiger partial charge in [0.25, 0.3) is 5.56 Å². The molecule has 78 valence electrons. The van der Waals surface area contributed by atoms with Gasteiger partial charge in [-0.15, -0.1) is 0 Å². The van der Waals surface area contributed by atoms with Gasteiger partial charge >= 0.3 is 0 Å². The molecule has 0 fully saturated rings. The maximum atomic E-state index is 11.2. The lowest BCUT2D eigenvalue weighted by Gasteiger charge is -2.01. The van der Waals surface area contributed by atoms with Gasteiger partial charge in [-0.05, 0) is 24.6 Å². The van der Waals surface area contributed by atoms with E-state index in [1.54, 1.807) is 18.2 Å². The molecule has 0 bridgehead atoms. The first kappa shape index (κ1) is 11.0. The first-order chi connectivity index (χ1) is 7.19. The quantitative estimate of drug-likeness (QED) is 0.740. The van der Waals surface area contributed by atoms with E-state index in [0.717, 1.165) is 5.57 Å². The second kappa shape index (κ2) is 5.00. The number of aromatic nitrogens is 1. The highest BCUT2D eigenvalue weighted by Crippen LogP contribution is 2.13. The zero-order chi connectivity index (χ0) is 11.3. The molecule has 0 amide bonds. The smallest absolute Gasteiger partial charge is 0.290 e. The highest BCUT2D eigenvalue weighted by atomic mass is 16.3. The molecule has 0 aliphatic rings. The fourth-order valence-electron chi connectivity index (χ4n) is 1.18. The highest BCUT2D eigenvalue weighted by molar-refractivity contribution is 5.72. The molecule has 0 aliphatic carbocycles. The van der Waals surface area contributed by atoms with Gasteiger partial charge in [0.15, 0.2) is 5.75 Å². The van der Waals surface area contributed by atoms with Crippen LogP contribution in [0.3, 0.4) is 0 Å². The van der Waals surface area contributed by atoms with Crippen LogP contribution in [0, 0.1) is 0 Å². The molecular formula is C12H13NO2. The number of hydrogen-bond donors (Lipinski definition) is 2. The molecule has 3 nitrogen and oxygen atoms in total. The van der Waals surface area contributed by atoms with Crippen LogP contribution >= 0.6 is 0 Å². The Bertz CT molecular complexity index is 467. The summed E-state index contributed by atoms with van der Waals surface area (Å²) in [6, 6.07) is 3.01. The van der Waals surface area contributed by atoms with Crippen LogP contribution in [0.4, 0.5) is 0 Å². The molecule has 1 rings (SSSR count). The van der Waals surface area contributed by atoms with Crippen molar-refractivity contribution in [1.29, 1.82) is 0 Å². The number of rotatable bonds is 3. The first-order valence-electron chi connectivity index (χ1n) is 4.57. The molecule has 2 N–H and O–H groups in total. The van der Waals surface area contributed by atoms with E-state index in [9.17, 15) is 4.79 Å². The van der Waals surface area contributed by atoms with Crippen molar-refractivity contribution in [3.05, 3.63) is 59.1 Å². The maximum Gasteiger partial charge on any atom is 0.290 e. The summed E-state index contributed by atoms with van der Waals surface area (Å²) in [6.45, 7) is 5.48. The van der Waals surface area contributed by atoms with Crippen LogP contribution in [0.1, 0.15) is 12.6 Å². The van der Waals surface area contributed by atoms with Gasteiger partial charge in [0.1, 0.15) is 0 Å². The predicted octanol–water partition coefficient (Wildman–Crippen LogP) is 2.23. The third-order valence-corrected chi connectivity index (χ3v) is 1.84.